The summed E-state index contributed by atoms with van der Waals surface area (Å²) in [4.78, 5) is 0.412. The molecule has 2 N–H and O–H groups in total. The lowest BCUT2D eigenvalue weighted by Gasteiger charge is -2.15. The van der Waals surface area contributed by atoms with Gasteiger partial charge in [-0.15, -0.1) is 0 Å². The largest absolute Gasteiger partial charge is 0.313 e. The van der Waals surface area contributed by atoms with E-state index in [2.05, 4.69) is 17.0 Å². The van der Waals surface area contributed by atoms with Gasteiger partial charge in [-0.05, 0) is 49.3 Å². The van der Waals surface area contributed by atoms with Crippen molar-refractivity contribution in [2.75, 3.05) is 18.1 Å². The first-order chi connectivity index (χ1) is 10.0. The highest BCUT2D eigenvalue weighted by molar-refractivity contribution is 7.99. The molecule has 0 spiro atoms. The van der Waals surface area contributed by atoms with Crippen molar-refractivity contribution in [1.29, 1.82) is 0 Å². The number of rotatable bonds is 7. The van der Waals surface area contributed by atoms with E-state index in [0.717, 1.165) is 42.0 Å². The summed E-state index contributed by atoms with van der Waals surface area (Å²) in [5.41, 5.74) is 1.81. The highest BCUT2D eigenvalue weighted by Gasteiger charge is 2.24. The molecule has 1 aromatic carbocycles. The Balaban J connectivity index is 2.14. The van der Waals surface area contributed by atoms with Gasteiger partial charge in [-0.3, -0.25) is 0 Å². The Kier molecular flexibility index (Phi) is 6.10. The summed E-state index contributed by atoms with van der Waals surface area (Å²) in [7, 11) is -3.42. The van der Waals surface area contributed by atoms with Crippen LogP contribution in [0.25, 0.3) is 0 Å². The maximum Gasteiger partial charge on any atom is 0.241 e. The van der Waals surface area contributed by atoms with Gasteiger partial charge in [-0.25, -0.2) is 13.1 Å². The number of benzene rings is 1. The molecule has 1 aliphatic heterocycles. The Labute approximate surface area is 132 Å². The second-order valence-corrected chi connectivity index (χ2v) is 8.29. The molecular weight excluding hydrogens is 304 g/mol. The number of thioether (sulfide) groups is 1. The maximum absolute atomic E-state index is 12.6. The normalized spacial score (nSPS) is 19.0. The Hall–Kier alpha value is -0.560. The van der Waals surface area contributed by atoms with Crippen LogP contribution in [0.3, 0.4) is 0 Å². The highest BCUT2D eigenvalue weighted by Crippen LogP contribution is 2.22. The number of sulfonamides is 1. The lowest BCUT2D eigenvalue weighted by Crippen LogP contribution is -2.35. The topological polar surface area (TPSA) is 58.2 Å². The Bertz CT molecular complexity index is 567. The zero-order valence-electron chi connectivity index (χ0n) is 12.7. The molecule has 0 amide bonds. The minimum atomic E-state index is -3.42. The van der Waals surface area contributed by atoms with E-state index in [-0.39, 0.29) is 6.04 Å². The molecule has 0 aromatic heterocycles. The highest BCUT2D eigenvalue weighted by atomic mass is 32.2. The summed E-state index contributed by atoms with van der Waals surface area (Å²) < 4.78 is 27.9. The first-order valence-corrected chi connectivity index (χ1v) is 10.1. The third-order valence-corrected chi connectivity index (χ3v) is 6.37. The van der Waals surface area contributed by atoms with E-state index in [0.29, 0.717) is 11.4 Å². The quantitative estimate of drug-likeness (QED) is 0.754. The molecule has 1 unspecified atom stereocenters. The second kappa shape index (κ2) is 7.63. The fraction of sp³-hybridized carbons (Fsp3) is 0.600. The summed E-state index contributed by atoms with van der Waals surface area (Å²) in [5, 5.41) is 3.30. The number of nitrogens with one attached hydrogen (secondary N) is 2. The van der Waals surface area contributed by atoms with Crippen LogP contribution < -0.4 is 10.0 Å². The summed E-state index contributed by atoms with van der Waals surface area (Å²) in [6, 6.07) is 5.74. The smallest absolute Gasteiger partial charge is 0.241 e. The van der Waals surface area contributed by atoms with E-state index in [1.54, 1.807) is 17.8 Å². The van der Waals surface area contributed by atoms with E-state index in [9.17, 15) is 8.42 Å². The predicted octanol–water partition coefficient (Wildman–Crippen LogP) is 2.28. The molecule has 21 heavy (non-hydrogen) atoms. The minimum Gasteiger partial charge on any atom is -0.313 e. The van der Waals surface area contributed by atoms with Gasteiger partial charge in [0.25, 0.3) is 0 Å². The fourth-order valence-corrected chi connectivity index (χ4v) is 5.19. The Morgan fingerprint density at radius 2 is 2.19 bits per heavy atom. The summed E-state index contributed by atoms with van der Waals surface area (Å²) >= 11 is 1.80. The van der Waals surface area contributed by atoms with E-state index >= 15 is 0 Å². The monoisotopic (exact) mass is 328 g/mol. The van der Waals surface area contributed by atoms with Crippen molar-refractivity contribution in [2.24, 2.45) is 0 Å². The van der Waals surface area contributed by atoms with Crippen LogP contribution in [0.4, 0.5) is 0 Å². The predicted molar refractivity (Wildman–Crippen MR) is 89.2 cm³/mol. The molecule has 0 bridgehead atoms. The molecule has 1 aromatic rings. The van der Waals surface area contributed by atoms with E-state index in [1.807, 2.05) is 19.1 Å². The third-order valence-electron chi connectivity index (χ3n) is 3.55. The van der Waals surface area contributed by atoms with Gasteiger partial charge in [-0.1, -0.05) is 19.1 Å². The molecule has 0 aliphatic carbocycles. The first-order valence-electron chi connectivity index (χ1n) is 7.43. The molecule has 1 fully saturated rings. The average molecular weight is 329 g/mol. The lowest BCUT2D eigenvalue weighted by molar-refractivity contribution is 0.562. The summed E-state index contributed by atoms with van der Waals surface area (Å²) in [6.45, 7) is 5.60. The van der Waals surface area contributed by atoms with Gasteiger partial charge in [0.15, 0.2) is 0 Å². The molecule has 6 heteroatoms. The lowest BCUT2D eigenvalue weighted by atomic mass is 10.1. The van der Waals surface area contributed by atoms with Crippen LogP contribution in [-0.2, 0) is 16.6 Å². The standard InChI is InChI=1S/C15H24N2O2S2/c1-3-7-16-10-13-5-4-12(2)15(9-13)21(18,19)17-14-6-8-20-11-14/h4-5,9,14,16-17H,3,6-8,10-11H2,1-2H3. The molecule has 1 aliphatic rings. The van der Waals surface area contributed by atoms with E-state index < -0.39 is 10.0 Å². The van der Waals surface area contributed by atoms with Crippen molar-refractivity contribution >= 4 is 21.8 Å². The van der Waals surface area contributed by atoms with Crippen LogP contribution in [0.1, 0.15) is 30.9 Å². The molecule has 1 saturated heterocycles. The third kappa shape index (κ3) is 4.71. The first kappa shape index (κ1) is 16.8. The van der Waals surface area contributed by atoms with Gasteiger partial charge in [-0.2, -0.15) is 11.8 Å². The molecule has 1 atom stereocenters. The van der Waals surface area contributed by atoms with Gasteiger partial charge in [0.2, 0.25) is 10.0 Å². The number of hydrogen-bond donors (Lipinski definition) is 2. The van der Waals surface area contributed by atoms with Crippen molar-refractivity contribution in [3.05, 3.63) is 29.3 Å². The van der Waals surface area contributed by atoms with Crippen molar-refractivity contribution in [3.63, 3.8) is 0 Å². The van der Waals surface area contributed by atoms with Gasteiger partial charge in [0, 0.05) is 18.3 Å². The average Bonchev–Trinajstić information content (AvgIpc) is 2.93. The maximum atomic E-state index is 12.6. The molecule has 0 radical (unpaired) electrons. The molecule has 0 saturated carbocycles. The molecular formula is C15H24N2O2S2. The second-order valence-electron chi connectivity index (χ2n) is 5.46. The minimum absolute atomic E-state index is 0.0706. The van der Waals surface area contributed by atoms with E-state index in [1.165, 1.54) is 0 Å². The molecule has 118 valence electrons. The van der Waals surface area contributed by atoms with Crippen molar-refractivity contribution in [1.82, 2.24) is 10.0 Å². The van der Waals surface area contributed by atoms with Crippen LogP contribution in [0.2, 0.25) is 0 Å². The SMILES string of the molecule is CCCNCc1ccc(C)c(S(=O)(=O)NC2CCSC2)c1. The molecule has 2 rings (SSSR count). The van der Waals surface area contributed by atoms with Crippen LogP contribution in [0, 0.1) is 6.92 Å². The van der Waals surface area contributed by atoms with Crippen molar-refractivity contribution in [3.8, 4) is 0 Å². The van der Waals surface area contributed by atoms with Gasteiger partial charge in [0.1, 0.15) is 0 Å². The fourth-order valence-electron chi connectivity index (χ4n) is 2.36. The van der Waals surface area contributed by atoms with Gasteiger partial charge >= 0.3 is 0 Å². The van der Waals surface area contributed by atoms with Crippen LogP contribution >= 0.6 is 11.8 Å². The zero-order valence-corrected chi connectivity index (χ0v) is 14.3. The van der Waals surface area contributed by atoms with Crippen molar-refractivity contribution in [2.45, 2.75) is 44.2 Å². The Morgan fingerprint density at radius 3 is 2.86 bits per heavy atom. The molecule has 1 heterocycles. The number of hydrogen-bond acceptors (Lipinski definition) is 4. The van der Waals surface area contributed by atoms with Crippen LogP contribution in [-0.4, -0.2) is 32.5 Å². The van der Waals surface area contributed by atoms with E-state index in [4.69, 9.17) is 0 Å². The van der Waals surface area contributed by atoms with Crippen LogP contribution in [0.15, 0.2) is 23.1 Å². The molecule has 4 nitrogen and oxygen atoms in total. The Morgan fingerprint density at radius 1 is 1.38 bits per heavy atom. The van der Waals surface area contributed by atoms with Gasteiger partial charge in [0.05, 0.1) is 4.90 Å². The van der Waals surface area contributed by atoms with Crippen molar-refractivity contribution < 1.29 is 8.42 Å². The van der Waals surface area contributed by atoms with Gasteiger partial charge < -0.3 is 5.32 Å². The summed E-state index contributed by atoms with van der Waals surface area (Å²) in [6.07, 6.45) is 1.98. The number of aryl methyl sites for hydroxylation is 1. The van der Waals surface area contributed by atoms with Crippen LogP contribution in [0.5, 0.6) is 0 Å². The zero-order chi connectivity index (χ0) is 15.3. The summed E-state index contributed by atoms with van der Waals surface area (Å²) in [5.74, 6) is 1.91.